The zero-order valence-electron chi connectivity index (χ0n) is 12.8. The van der Waals surface area contributed by atoms with Gasteiger partial charge in [-0.2, -0.15) is 0 Å². The van der Waals surface area contributed by atoms with Crippen LogP contribution in [-0.4, -0.2) is 48.7 Å². The minimum absolute atomic E-state index is 0.0523. The third-order valence-corrected chi connectivity index (χ3v) is 6.54. The van der Waals surface area contributed by atoms with Gasteiger partial charge in [-0.25, -0.2) is 0 Å². The third-order valence-electron chi connectivity index (χ3n) is 5.80. The molecule has 1 aromatic carbocycles. The molecule has 6 heteroatoms. The Hall–Kier alpha value is -1.08. The summed E-state index contributed by atoms with van der Waals surface area (Å²) in [4.78, 5) is 2.37. The highest BCUT2D eigenvalue weighted by atomic mass is 79.9. The molecule has 1 aromatic rings. The van der Waals surface area contributed by atoms with Crippen LogP contribution in [0.3, 0.4) is 0 Å². The zero-order valence-corrected chi connectivity index (χ0v) is 14.4. The van der Waals surface area contributed by atoms with Crippen molar-refractivity contribution in [3.63, 3.8) is 0 Å². The van der Waals surface area contributed by atoms with E-state index >= 15 is 0 Å². The second kappa shape index (κ2) is 4.72. The van der Waals surface area contributed by atoms with Crippen molar-refractivity contribution in [3.8, 4) is 11.5 Å². The molecule has 5 atom stereocenters. The first kappa shape index (κ1) is 14.3. The molecule has 23 heavy (non-hydrogen) atoms. The molecule has 0 radical (unpaired) electrons. The van der Waals surface area contributed by atoms with Crippen molar-refractivity contribution in [1.29, 1.82) is 0 Å². The van der Waals surface area contributed by atoms with Crippen molar-refractivity contribution in [1.82, 2.24) is 4.90 Å². The second-order valence-corrected chi connectivity index (χ2v) is 7.66. The third kappa shape index (κ3) is 1.72. The van der Waals surface area contributed by atoms with Crippen molar-refractivity contribution in [2.24, 2.45) is 0 Å². The predicted molar refractivity (Wildman–Crippen MR) is 86.9 cm³/mol. The standard InChI is InChI=1S/C17H18BrNO4/c1-21-12-4-15-17(5-11(12)18)10-3-14-13(22-8-23-14)2-9(10)6-19(15)7-16(17)20/h2-3,5,12,15-16,20H,4,6-8H2,1H3/t12-,15+,16-,17+/m0/s1. The first-order valence-corrected chi connectivity index (χ1v) is 8.69. The summed E-state index contributed by atoms with van der Waals surface area (Å²) in [5, 5.41) is 10.9. The molecule has 0 saturated carbocycles. The Balaban J connectivity index is 1.74. The molecular formula is C17H18BrNO4. The fourth-order valence-corrected chi connectivity index (χ4v) is 5.51. The average molecular weight is 380 g/mol. The van der Waals surface area contributed by atoms with E-state index in [0.29, 0.717) is 6.54 Å². The molecular weight excluding hydrogens is 362 g/mol. The first-order valence-electron chi connectivity index (χ1n) is 7.89. The molecule has 5 rings (SSSR count). The van der Waals surface area contributed by atoms with Gasteiger partial charge in [0.2, 0.25) is 6.79 Å². The largest absolute Gasteiger partial charge is 0.454 e. The maximum absolute atomic E-state index is 10.9. The Bertz CT molecular complexity index is 721. The maximum atomic E-state index is 10.9. The lowest BCUT2D eigenvalue weighted by Gasteiger charge is -2.47. The SMILES string of the molecule is CO[C@H]1C[C@H]2N3Cc4cc5c(cc4[C@@]2(C=C1Br)[C@@H](O)C3)OCO5. The average Bonchev–Trinajstić information content (AvgIpc) is 3.06. The monoisotopic (exact) mass is 379 g/mol. The summed E-state index contributed by atoms with van der Waals surface area (Å²) < 4.78 is 17.7. The number of halogens is 1. The van der Waals surface area contributed by atoms with E-state index < -0.39 is 11.5 Å². The van der Waals surface area contributed by atoms with E-state index in [-0.39, 0.29) is 18.9 Å². The highest BCUT2D eigenvalue weighted by Gasteiger charge is 2.59. The van der Waals surface area contributed by atoms with Crippen molar-refractivity contribution < 1.29 is 19.3 Å². The van der Waals surface area contributed by atoms with E-state index in [4.69, 9.17) is 14.2 Å². The number of nitrogens with zero attached hydrogens (tertiary/aromatic N) is 1. The van der Waals surface area contributed by atoms with Crippen LogP contribution in [0.15, 0.2) is 22.7 Å². The van der Waals surface area contributed by atoms with E-state index in [2.05, 4.69) is 39.0 Å². The Morgan fingerprint density at radius 1 is 1.35 bits per heavy atom. The highest BCUT2D eigenvalue weighted by Crippen LogP contribution is 2.55. The van der Waals surface area contributed by atoms with Crippen molar-refractivity contribution in [2.75, 3.05) is 20.4 Å². The molecule has 0 aromatic heterocycles. The van der Waals surface area contributed by atoms with Gasteiger partial charge in [-0.05, 0) is 29.7 Å². The molecule has 0 spiro atoms. The topological polar surface area (TPSA) is 51.2 Å². The molecule has 1 aliphatic carbocycles. The quantitative estimate of drug-likeness (QED) is 0.807. The molecule has 1 N–H and O–H groups in total. The van der Waals surface area contributed by atoms with E-state index in [9.17, 15) is 5.11 Å². The summed E-state index contributed by atoms with van der Waals surface area (Å²) in [6, 6.07) is 4.39. The fraction of sp³-hybridized carbons (Fsp3) is 0.529. The lowest BCUT2D eigenvalue weighted by Crippen LogP contribution is -2.52. The van der Waals surface area contributed by atoms with Gasteiger partial charge in [0.1, 0.15) is 0 Å². The van der Waals surface area contributed by atoms with Crippen LogP contribution in [0.2, 0.25) is 0 Å². The number of ether oxygens (including phenoxy) is 3. The minimum Gasteiger partial charge on any atom is -0.454 e. The number of hydrogen-bond acceptors (Lipinski definition) is 5. The fourth-order valence-electron chi connectivity index (χ4n) is 4.75. The minimum atomic E-state index is -0.431. The number of aliphatic hydroxyl groups excluding tert-OH is 1. The van der Waals surface area contributed by atoms with Gasteiger partial charge in [0.25, 0.3) is 0 Å². The molecule has 4 aliphatic rings. The molecule has 5 nitrogen and oxygen atoms in total. The molecule has 1 fully saturated rings. The summed E-state index contributed by atoms with van der Waals surface area (Å²) >= 11 is 3.66. The van der Waals surface area contributed by atoms with Gasteiger partial charge in [0.05, 0.1) is 17.6 Å². The van der Waals surface area contributed by atoms with Crippen LogP contribution in [-0.2, 0) is 16.7 Å². The summed E-state index contributed by atoms with van der Waals surface area (Å²) in [5.41, 5.74) is 1.98. The van der Waals surface area contributed by atoms with Crippen molar-refractivity contribution >= 4 is 15.9 Å². The van der Waals surface area contributed by atoms with Crippen LogP contribution in [0.4, 0.5) is 0 Å². The van der Waals surface area contributed by atoms with Gasteiger partial charge in [-0.1, -0.05) is 22.0 Å². The van der Waals surface area contributed by atoms with E-state index in [0.717, 1.165) is 28.9 Å². The summed E-state index contributed by atoms with van der Waals surface area (Å²) in [6.45, 7) is 1.78. The van der Waals surface area contributed by atoms with Crippen LogP contribution < -0.4 is 9.47 Å². The number of rotatable bonds is 1. The highest BCUT2D eigenvalue weighted by molar-refractivity contribution is 9.11. The number of methoxy groups -OCH3 is 1. The van der Waals surface area contributed by atoms with Crippen molar-refractivity contribution in [2.45, 2.75) is 36.6 Å². The Labute approximate surface area is 142 Å². The predicted octanol–water partition coefficient (Wildman–Crippen LogP) is 1.91. The normalized spacial score (nSPS) is 39.7. The summed E-state index contributed by atoms with van der Waals surface area (Å²) in [7, 11) is 1.74. The van der Waals surface area contributed by atoms with Gasteiger partial charge in [0, 0.05) is 30.7 Å². The van der Waals surface area contributed by atoms with Gasteiger partial charge < -0.3 is 19.3 Å². The second-order valence-electron chi connectivity index (χ2n) is 6.75. The first-order chi connectivity index (χ1) is 11.1. The lowest BCUT2D eigenvalue weighted by molar-refractivity contribution is 0.0640. The summed E-state index contributed by atoms with van der Waals surface area (Å²) in [6.07, 6.45) is 2.66. The van der Waals surface area contributed by atoms with Gasteiger partial charge in [-0.3, -0.25) is 4.90 Å². The molecule has 0 amide bonds. The van der Waals surface area contributed by atoms with Gasteiger partial charge in [0.15, 0.2) is 11.5 Å². The Kier molecular flexibility index (Phi) is 2.93. The van der Waals surface area contributed by atoms with Crippen molar-refractivity contribution in [3.05, 3.63) is 33.8 Å². The van der Waals surface area contributed by atoms with Gasteiger partial charge in [-0.15, -0.1) is 0 Å². The Morgan fingerprint density at radius 2 is 2.13 bits per heavy atom. The van der Waals surface area contributed by atoms with Crippen LogP contribution in [0.1, 0.15) is 17.5 Å². The maximum Gasteiger partial charge on any atom is 0.231 e. The number of hydrogen-bond donors (Lipinski definition) is 1. The molecule has 1 saturated heterocycles. The molecule has 3 aliphatic heterocycles. The number of fused-ring (bicyclic) bond motifs is 2. The van der Waals surface area contributed by atoms with Crippen LogP contribution in [0.25, 0.3) is 0 Å². The molecule has 1 unspecified atom stereocenters. The lowest BCUT2D eigenvalue weighted by atomic mass is 9.65. The van der Waals surface area contributed by atoms with E-state index in [1.54, 1.807) is 7.11 Å². The van der Waals surface area contributed by atoms with Crippen LogP contribution in [0, 0.1) is 0 Å². The number of benzene rings is 1. The zero-order chi connectivity index (χ0) is 15.8. The van der Waals surface area contributed by atoms with Gasteiger partial charge >= 0.3 is 0 Å². The van der Waals surface area contributed by atoms with Crippen LogP contribution >= 0.6 is 15.9 Å². The number of aliphatic hydroxyl groups is 1. The molecule has 122 valence electrons. The smallest absolute Gasteiger partial charge is 0.231 e. The van der Waals surface area contributed by atoms with E-state index in [1.807, 2.05) is 0 Å². The summed E-state index contributed by atoms with van der Waals surface area (Å²) in [5.74, 6) is 1.59. The Morgan fingerprint density at radius 3 is 2.91 bits per heavy atom. The van der Waals surface area contributed by atoms with Crippen LogP contribution in [0.5, 0.6) is 11.5 Å². The molecule has 3 heterocycles. The van der Waals surface area contributed by atoms with E-state index in [1.165, 1.54) is 11.1 Å². The molecule has 2 bridgehead atoms.